The predicted octanol–water partition coefficient (Wildman–Crippen LogP) is 2.24. The zero-order valence-electron chi connectivity index (χ0n) is 11.8. The molecular weight excluding hydrogens is 282 g/mol. The molecule has 0 aromatic heterocycles. The zero-order valence-corrected chi connectivity index (χ0v) is 11.8. The van der Waals surface area contributed by atoms with Crippen molar-refractivity contribution >= 4 is 17.6 Å². The summed E-state index contributed by atoms with van der Waals surface area (Å²) in [5.41, 5.74) is 1.39. The highest BCUT2D eigenvalue weighted by Crippen LogP contribution is 2.34. The van der Waals surface area contributed by atoms with E-state index < -0.39 is 18.1 Å². The van der Waals surface area contributed by atoms with Crippen LogP contribution in [-0.4, -0.2) is 29.7 Å². The van der Waals surface area contributed by atoms with Crippen molar-refractivity contribution in [3.8, 4) is 0 Å². The van der Waals surface area contributed by atoms with Gasteiger partial charge in [-0.3, -0.25) is 9.69 Å². The molecule has 0 bridgehead atoms. The Morgan fingerprint density at radius 3 is 2.23 bits per heavy atom. The van der Waals surface area contributed by atoms with E-state index in [0.717, 1.165) is 5.56 Å². The van der Waals surface area contributed by atoms with Crippen molar-refractivity contribution in [1.82, 2.24) is 0 Å². The number of para-hydroxylation sites is 1. The topological polar surface area (TPSA) is 66.8 Å². The van der Waals surface area contributed by atoms with Crippen LogP contribution in [0, 0.1) is 0 Å². The number of hydrogen-bond donors (Lipinski definition) is 1. The third-order valence-corrected chi connectivity index (χ3v) is 3.64. The number of ether oxygens (including phenoxy) is 1. The van der Waals surface area contributed by atoms with Gasteiger partial charge in [0.15, 0.2) is 6.10 Å². The first-order valence-corrected chi connectivity index (χ1v) is 6.95. The molecule has 1 N–H and O–H groups in total. The molecule has 1 heterocycles. The minimum Gasteiger partial charge on any atom is -0.479 e. The number of carboxylic acid groups (broad SMARTS) is 1. The second kappa shape index (κ2) is 5.99. The predicted molar refractivity (Wildman–Crippen MR) is 80.5 cm³/mol. The summed E-state index contributed by atoms with van der Waals surface area (Å²) in [6.45, 7) is -0.241. The van der Waals surface area contributed by atoms with Gasteiger partial charge in [0.05, 0.1) is 6.04 Å². The van der Waals surface area contributed by atoms with Crippen molar-refractivity contribution in [1.29, 1.82) is 0 Å². The summed E-state index contributed by atoms with van der Waals surface area (Å²) < 4.78 is 5.28. The Hall–Kier alpha value is -2.66. The van der Waals surface area contributed by atoms with Crippen LogP contribution in [0.5, 0.6) is 0 Å². The summed E-state index contributed by atoms with van der Waals surface area (Å²) in [5, 5.41) is 9.46. The van der Waals surface area contributed by atoms with E-state index in [1.165, 1.54) is 4.90 Å². The maximum absolute atomic E-state index is 12.4. The number of rotatable bonds is 3. The molecule has 0 unspecified atom stereocenters. The molecule has 3 rings (SSSR count). The van der Waals surface area contributed by atoms with Crippen LogP contribution in [0.3, 0.4) is 0 Å². The van der Waals surface area contributed by atoms with Crippen LogP contribution >= 0.6 is 0 Å². The lowest BCUT2D eigenvalue weighted by atomic mass is 9.97. The fourth-order valence-electron chi connectivity index (χ4n) is 2.69. The minimum atomic E-state index is -1.10. The lowest BCUT2D eigenvalue weighted by molar-refractivity contribution is -0.157. The molecule has 1 aliphatic heterocycles. The van der Waals surface area contributed by atoms with Crippen molar-refractivity contribution in [2.24, 2.45) is 0 Å². The molecule has 5 nitrogen and oxygen atoms in total. The number of anilines is 1. The highest BCUT2D eigenvalue weighted by molar-refractivity contribution is 5.97. The molecule has 1 amide bonds. The molecule has 0 aliphatic carbocycles. The Bertz CT molecular complexity index is 672. The van der Waals surface area contributed by atoms with E-state index in [-0.39, 0.29) is 12.5 Å². The van der Waals surface area contributed by atoms with Crippen LogP contribution in [0.25, 0.3) is 0 Å². The van der Waals surface area contributed by atoms with Gasteiger partial charge in [0.25, 0.3) is 5.91 Å². The summed E-state index contributed by atoms with van der Waals surface area (Å²) in [6, 6.07) is 17.5. The monoisotopic (exact) mass is 297 g/mol. The van der Waals surface area contributed by atoms with E-state index in [1.54, 1.807) is 24.3 Å². The summed E-state index contributed by atoms with van der Waals surface area (Å²) in [5.74, 6) is -1.33. The molecule has 1 aliphatic rings. The average Bonchev–Trinajstić information content (AvgIpc) is 2.56. The second-order valence-electron chi connectivity index (χ2n) is 5.02. The van der Waals surface area contributed by atoms with E-state index in [0.29, 0.717) is 5.69 Å². The van der Waals surface area contributed by atoms with Crippen molar-refractivity contribution in [2.45, 2.75) is 12.1 Å². The molecule has 1 fully saturated rings. The minimum absolute atomic E-state index is 0.241. The lowest BCUT2D eigenvalue weighted by Gasteiger charge is -2.39. The largest absolute Gasteiger partial charge is 0.479 e. The fourth-order valence-corrected chi connectivity index (χ4v) is 2.69. The molecule has 2 aromatic rings. The van der Waals surface area contributed by atoms with E-state index >= 15 is 0 Å². The first-order chi connectivity index (χ1) is 10.7. The molecule has 5 heteroatoms. The maximum Gasteiger partial charge on any atom is 0.335 e. The molecule has 1 saturated heterocycles. The molecule has 2 aromatic carbocycles. The van der Waals surface area contributed by atoms with E-state index in [2.05, 4.69) is 0 Å². The Morgan fingerprint density at radius 2 is 1.64 bits per heavy atom. The van der Waals surface area contributed by atoms with Gasteiger partial charge >= 0.3 is 5.97 Å². The molecule has 2 atom stereocenters. The average molecular weight is 297 g/mol. The molecule has 0 spiro atoms. The van der Waals surface area contributed by atoms with Crippen molar-refractivity contribution in [3.63, 3.8) is 0 Å². The maximum atomic E-state index is 12.4. The lowest BCUT2D eigenvalue weighted by Crippen LogP contribution is -2.52. The summed E-state index contributed by atoms with van der Waals surface area (Å²) >= 11 is 0. The Labute approximate surface area is 127 Å². The van der Waals surface area contributed by atoms with Gasteiger partial charge in [0.1, 0.15) is 6.61 Å². The van der Waals surface area contributed by atoms with Gasteiger partial charge in [-0.2, -0.15) is 0 Å². The Balaban J connectivity index is 2.10. The molecule has 0 radical (unpaired) electrons. The normalized spacial score (nSPS) is 21.6. The first kappa shape index (κ1) is 14.3. The van der Waals surface area contributed by atoms with Crippen LogP contribution in [0.15, 0.2) is 60.7 Å². The van der Waals surface area contributed by atoms with Gasteiger partial charge in [-0.25, -0.2) is 4.79 Å². The van der Waals surface area contributed by atoms with Gasteiger partial charge in [0.2, 0.25) is 0 Å². The van der Waals surface area contributed by atoms with Gasteiger partial charge in [0, 0.05) is 5.69 Å². The van der Waals surface area contributed by atoms with Gasteiger partial charge in [-0.1, -0.05) is 48.5 Å². The van der Waals surface area contributed by atoms with Crippen LogP contribution in [0.4, 0.5) is 5.69 Å². The second-order valence-corrected chi connectivity index (χ2v) is 5.02. The van der Waals surface area contributed by atoms with Crippen molar-refractivity contribution in [2.75, 3.05) is 11.5 Å². The van der Waals surface area contributed by atoms with Crippen molar-refractivity contribution < 1.29 is 19.4 Å². The Morgan fingerprint density at radius 1 is 1.05 bits per heavy atom. The Kier molecular flexibility index (Phi) is 3.89. The summed E-state index contributed by atoms with van der Waals surface area (Å²) in [6.07, 6.45) is -1.10. The smallest absolute Gasteiger partial charge is 0.335 e. The highest BCUT2D eigenvalue weighted by Gasteiger charge is 2.42. The van der Waals surface area contributed by atoms with E-state index in [4.69, 9.17) is 4.74 Å². The number of nitrogens with zero attached hydrogens (tertiary/aromatic N) is 1. The number of morpholine rings is 1. The van der Waals surface area contributed by atoms with Crippen LogP contribution < -0.4 is 4.90 Å². The fraction of sp³-hybridized carbons (Fsp3) is 0.176. The summed E-state index contributed by atoms with van der Waals surface area (Å²) in [4.78, 5) is 25.4. The van der Waals surface area contributed by atoms with Gasteiger partial charge in [-0.15, -0.1) is 0 Å². The van der Waals surface area contributed by atoms with Crippen LogP contribution in [0.2, 0.25) is 0 Å². The van der Waals surface area contributed by atoms with Crippen LogP contribution in [0.1, 0.15) is 11.6 Å². The molecule has 112 valence electrons. The SMILES string of the molecule is O=C(O)[C@@H]1OCC(=O)N(c2ccccc2)[C@H]1c1ccccc1. The number of amides is 1. The molecule has 0 saturated carbocycles. The number of benzene rings is 2. The number of carboxylic acids is 1. The third kappa shape index (κ3) is 2.58. The zero-order chi connectivity index (χ0) is 15.5. The standard InChI is InChI=1S/C17H15NO4/c19-14-11-22-16(17(20)21)15(12-7-3-1-4-8-12)18(14)13-9-5-2-6-10-13/h1-10,15-16H,11H2,(H,20,21)/t15-,16+/m0/s1. The number of carbonyl (C=O) groups excluding carboxylic acids is 1. The van der Waals surface area contributed by atoms with E-state index in [1.807, 2.05) is 36.4 Å². The van der Waals surface area contributed by atoms with Crippen LogP contribution in [-0.2, 0) is 14.3 Å². The van der Waals surface area contributed by atoms with Gasteiger partial charge in [-0.05, 0) is 17.7 Å². The molecular formula is C17H15NO4. The van der Waals surface area contributed by atoms with Gasteiger partial charge < -0.3 is 9.84 Å². The number of carbonyl (C=O) groups is 2. The summed E-state index contributed by atoms with van der Waals surface area (Å²) in [7, 11) is 0. The third-order valence-electron chi connectivity index (χ3n) is 3.64. The molecule has 22 heavy (non-hydrogen) atoms. The van der Waals surface area contributed by atoms with Crippen molar-refractivity contribution in [3.05, 3.63) is 66.2 Å². The highest BCUT2D eigenvalue weighted by atomic mass is 16.5. The number of aliphatic carboxylic acids is 1. The van der Waals surface area contributed by atoms with E-state index in [9.17, 15) is 14.7 Å². The number of hydrogen-bond acceptors (Lipinski definition) is 3. The quantitative estimate of drug-likeness (QED) is 0.943. The first-order valence-electron chi connectivity index (χ1n) is 6.95.